The smallest absolute Gasteiger partial charge is 0.224 e. The van der Waals surface area contributed by atoms with Crippen molar-refractivity contribution < 1.29 is 4.79 Å². The number of nitrogens with zero attached hydrogens (tertiary/aromatic N) is 1. The van der Waals surface area contributed by atoms with Crippen LogP contribution in [0.4, 0.5) is 0 Å². The lowest BCUT2D eigenvalue weighted by molar-refractivity contribution is -0.126. The first-order chi connectivity index (χ1) is 5.38. The van der Waals surface area contributed by atoms with Crippen molar-refractivity contribution in [2.75, 3.05) is 13.6 Å². The zero-order valence-electron chi connectivity index (χ0n) is 8.35. The highest BCUT2D eigenvalue weighted by Gasteiger charge is 2.28. The van der Waals surface area contributed by atoms with E-state index in [-0.39, 0.29) is 11.4 Å². The van der Waals surface area contributed by atoms with Crippen molar-refractivity contribution in [2.45, 2.75) is 38.8 Å². The number of carbonyl (C=O) groups excluding carboxylic acids is 1. The Balaban J connectivity index is 2.43. The van der Waals surface area contributed by atoms with E-state index in [0.717, 1.165) is 6.54 Å². The molecule has 0 aromatic carbocycles. The highest BCUT2D eigenvalue weighted by molar-refractivity contribution is 5.78. The maximum Gasteiger partial charge on any atom is 0.224 e. The Bertz CT molecular complexity index is 183. The van der Waals surface area contributed by atoms with Gasteiger partial charge in [0.1, 0.15) is 0 Å². The first-order valence-electron chi connectivity index (χ1n) is 4.40. The van der Waals surface area contributed by atoms with Crippen molar-refractivity contribution in [3.05, 3.63) is 0 Å². The van der Waals surface area contributed by atoms with Crippen molar-refractivity contribution in [3.8, 4) is 0 Å². The Morgan fingerprint density at radius 3 is 2.42 bits per heavy atom. The van der Waals surface area contributed by atoms with Crippen LogP contribution in [0.5, 0.6) is 0 Å². The molecular formula is C9H18N2O. The summed E-state index contributed by atoms with van der Waals surface area (Å²) in [7, 11) is 1.85. The van der Waals surface area contributed by atoms with Crippen LogP contribution in [0.2, 0.25) is 0 Å². The molecule has 1 atom stereocenters. The molecule has 0 aromatic heterocycles. The van der Waals surface area contributed by atoms with E-state index >= 15 is 0 Å². The van der Waals surface area contributed by atoms with E-state index in [1.807, 2.05) is 7.05 Å². The number of hydrogen-bond donors (Lipinski definition) is 1. The minimum Gasteiger partial charge on any atom is -0.344 e. The van der Waals surface area contributed by atoms with E-state index in [4.69, 9.17) is 0 Å². The minimum atomic E-state index is 0.107. The molecule has 1 saturated heterocycles. The number of nitrogens with one attached hydrogen (secondary N) is 1. The van der Waals surface area contributed by atoms with Crippen molar-refractivity contribution in [1.29, 1.82) is 0 Å². The van der Waals surface area contributed by atoms with Gasteiger partial charge in [0.15, 0.2) is 0 Å². The summed E-state index contributed by atoms with van der Waals surface area (Å²) in [4.78, 5) is 12.9. The van der Waals surface area contributed by atoms with Crippen molar-refractivity contribution in [3.63, 3.8) is 0 Å². The van der Waals surface area contributed by atoms with Crippen LogP contribution >= 0.6 is 0 Å². The largest absolute Gasteiger partial charge is 0.344 e. The molecule has 0 spiro atoms. The Kier molecular flexibility index (Phi) is 2.42. The molecule has 0 aromatic rings. The van der Waals surface area contributed by atoms with Gasteiger partial charge in [0, 0.05) is 31.6 Å². The summed E-state index contributed by atoms with van der Waals surface area (Å²) >= 11 is 0. The van der Waals surface area contributed by atoms with E-state index in [1.54, 1.807) is 4.90 Å². The summed E-state index contributed by atoms with van der Waals surface area (Å²) in [5.74, 6) is 0.247. The molecule has 70 valence electrons. The summed E-state index contributed by atoms with van der Waals surface area (Å²) in [5, 5.41) is 3.42. The van der Waals surface area contributed by atoms with Gasteiger partial charge in [-0.15, -0.1) is 0 Å². The first-order valence-corrected chi connectivity index (χ1v) is 4.40. The number of likely N-dealkylation sites (tertiary alicyclic amines) is 1. The molecule has 1 unspecified atom stereocenters. The van der Waals surface area contributed by atoms with Gasteiger partial charge in [-0.3, -0.25) is 4.79 Å². The van der Waals surface area contributed by atoms with Gasteiger partial charge >= 0.3 is 0 Å². The number of carbonyl (C=O) groups is 1. The minimum absolute atomic E-state index is 0.107. The Hall–Kier alpha value is -0.570. The van der Waals surface area contributed by atoms with Gasteiger partial charge in [-0.2, -0.15) is 0 Å². The predicted molar refractivity (Wildman–Crippen MR) is 48.9 cm³/mol. The molecule has 1 N–H and O–H groups in total. The van der Waals surface area contributed by atoms with E-state index in [0.29, 0.717) is 12.5 Å². The summed E-state index contributed by atoms with van der Waals surface area (Å²) in [6, 6.07) is 0.336. The zero-order chi connectivity index (χ0) is 9.35. The van der Waals surface area contributed by atoms with Crippen molar-refractivity contribution in [2.24, 2.45) is 0 Å². The monoisotopic (exact) mass is 170 g/mol. The average Bonchev–Trinajstić information content (AvgIpc) is 2.07. The van der Waals surface area contributed by atoms with Crippen molar-refractivity contribution >= 4 is 5.91 Å². The molecule has 1 rings (SSSR count). The normalized spacial score (nSPS) is 25.2. The lowest BCUT2D eigenvalue weighted by Crippen LogP contribution is -2.44. The fourth-order valence-electron chi connectivity index (χ4n) is 1.57. The van der Waals surface area contributed by atoms with Crippen LogP contribution in [-0.2, 0) is 4.79 Å². The quantitative estimate of drug-likeness (QED) is 0.625. The number of likely N-dealkylation sites (N-methyl/N-ethyl adjacent to an activating group) is 1. The van der Waals surface area contributed by atoms with Crippen LogP contribution in [0, 0.1) is 0 Å². The Morgan fingerprint density at radius 1 is 1.50 bits per heavy atom. The van der Waals surface area contributed by atoms with Gasteiger partial charge in [0.2, 0.25) is 5.91 Å². The van der Waals surface area contributed by atoms with Crippen molar-refractivity contribution in [1.82, 2.24) is 10.2 Å². The average molecular weight is 170 g/mol. The van der Waals surface area contributed by atoms with Crippen LogP contribution in [0.3, 0.4) is 0 Å². The molecule has 1 heterocycles. The maximum absolute atomic E-state index is 11.2. The Labute approximate surface area is 74.1 Å². The van der Waals surface area contributed by atoms with Crippen LogP contribution < -0.4 is 5.32 Å². The van der Waals surface area contributed by atoms with Crippen LogP contribution in [0.1, 0.15) is 27.2 Å². The van der Waals surface area contributed by atoms with Gasteiger partial charge in [0.05, 0.1) is 0 Å². The second-order valence-electron chi connectivity index (χ2n) is 4.57. The fourth-order valence-corrected chi connectivity index (χ4v) is 1.57. The predicted octanol–water partition coefficient (Wildman–Crippen LogP) is 0.605. The second kappa shape index (κ2) is 3.05. The maximum atomic E-state index is 11.2. The Morgan fingerprint density at radius 2 is 2.08 bits per heavy atom. The first kappa shape index (κ1) is 9.52. The third-order valence-electron chi connectivity index (χ3n) is 1.98. The number of rotatable bonds is 1. The third kappa shape index (κ3) is 2.48. The van der Waals surface area contributed by atoms with Crippen LogP contribution in [-0.4, -0.2) is 36.0 Å². The molecule has 1 aliphatic heterocycles. The number of hydrogen-bond acceptors (Lipinski definition) is 2. The molecule has 0 radical (unpaired) electrons. The van der Waals surface area contributed by atoms with Gasteiger partial charge in [-0.25, -0.2) is 0 Å². The number of amides is 1. The van der Waals surface area contributed by atoms with Crippen LogP contribution in [0.25, 0.3) is 0 Å². The van der Waals surface area contributed by atoms with E-state index < -0.39 is 0 Å². The molecule has 3 nitrogen and oxygen atoms in total. The molecule has 12 heavy (non-hydrogen) atoms. The molecule has 0 aliphatic carbocycles. The second-order valence-corrected chi connectivity index (χ2v) is 4.57. The van der Waals surface area contributed by atoms with E-state index in [2.05, 4.69) is 26.1 Å². The fraction of sp³-hybridized carbons (Fsp3) is 0.889. The van der Waals surface area contributed by atoms with Crippen LogP contribution in [0.15, 0.2) is 0 Å². The molecule has 1 amide bonds. The zero-order valence-corrected chi connectivity index (χ0v) is 8.35. The SMILES string of the molecule is CN1CC(NC(C)(C)C)CC1=O. The van der Waals surface area contributed by atoms with Gasteiger partial charge in [-0.05, 0) is 20.8 Å². The highest BCUT2D eigenvalue weighted by Crippen LogP contribution is 2.12. The summed E-state index contributed by atoms with van der Waals surface area (Å²) in [5.41, 5.74) is 0.107. The molecule has 0 saturated carbocycles. The molecule has 1 fully saturated rings. The molecule has 1 aliphatic rings. The van der Waals surface area contributed by atoms with Gasteiger partial charge in [-0.1, -0.05) is 0 Å². The summed E-state index contributed by atoms with van der Waals surface area (Å²) in [6.07, 6.45) is 0.647. The standard InChI is InChI=1S/C9H18N2O/c1-9(2,3)10-7-5-8(12)11(4)6-7/h7,10H,5-6H2,1-4H3. The van der Waals surface area contributed by atoms with E-state index in [1.165, 1.54) is 0 Å². The molecular weight excluding hydrogens is 152 g/mol. The van der Waals surface area contributed by atoms with Gasteiger partial charge < -0.3 is 10.2 Å². The van der Waals surface area contributed by atoms with Gasteiger partial charge in [0.25, 0.3) is 0 Å². The lowest BCUT2D eigenvalue weighted by atomic mass is 10.1. The lowest BCUT2D eigenvalue weighted by Gasteiger charge is -2.25. The summed E-state index contributed by atoms with van der Waals surface area (Å²) in [6.45, 7) is 7.21. The highest BCUT2D eigenvalue weighted by atomic mass is 16.2. The third-order valence-corrected chi connectivity index (χ3v) is 1.98. The molecule has 3 heteroatoms. The molecule has 0 bridgehead atoms. The van der Waals surface area contributed by atoms with E-state index in [9.17, 15) is 4.79 Å². The summed E-state index contributed by atoms with van der Waals surface area (Å²) < 4.78 is 0. The topological polar surface area (TPSA) is 32.3 Å².